The van der Waals surface area contributed by atoms with Crippen LogP contribution in [0.3, 0.4) is 0 Å². The van der Waals surface area contributed by atoms with E-state index < -0.39 is 10.0 Å². The summed E-state index contributed by atoms with van der Waals surface area (Å²) in [5, 5.41) is -0.296. The van der Waals surface area contributed by atoms with Crippen LogP contribution in [0.4, 0.5) is 0 Å². The van der Waals surface area contributed by atoms with Gasteiger partial charge < -0.3 is 4.42 Å². The van der Waals surface area contributed by atoms with Gasteiger partial charge in [-0.25, -0.2) is 13.1 Å². The van der Waals surface area contributed by atoms with Gasteiger partial charge in [-0.3, -0.25) is 4.90 Å². The van der Waals surface area contributed by atoms with Crippen LogP contribution in [0.25, 0.3) is 0 Å². The Morgan fingerprint density at radius 3 is 2.86 bits per heavy atom. The van der Waals surface area contributed by atoms with E-state index in [-0.39, 0.29) is 5.25 Å². The summed E-state index contributed by atoms with van der Waals surface area (Å²) in [7, 11) is -3.16. The Bertz CT molecular complexity index is 596. The number of hydrogen-bond acceptors (Lipinski definition) is 4. The van der Waals surface area contributed by atoms with E-state index in [1.54, 1.807) is 0 Å². The molecule has 1 saturated carbocycles. The van der Waals surface area contributed by atoms with Gasteiger partial charge in [0.15, 0.2) is 0 Å². The first-order valence-corrected chi connectivity index (χ1v) is 9.33. The monoisotopic (exact) mass is 312 g/mol. The van der Waals surface area contributed by atoms with Crippen LogP contribution in [0.15, 0.2) is 16.5 Å². The van der Waals surface area contributed by atoms with Crippen molar-refractivity contribution in [1.82, 2.24) is 9.62 Å². The van der Waals surface area contributed by atoms with E-state index in [4.69, 9.17) is 4.42 Å². The van der Waals surface area contributed by atoms with Crippen molar-refractivity contribution in [3.63, 3.8) is 0 Å². The van der Waals surface area contributed by atoms with Crippen molar-refractivity contribution in [2.75, 3.05) is 19.6 Å². The fourth-order valence-electron chi connectivity index (χ4n) is 3.13. The molecule has 0 aromatic carbocycles. The molecule has 2 fully saturated rings. The lowest BCUT2D eigenvalue weighted by Gasteiger charge is -2.15. The van der Waals surface area contributed by atoms with E-state index >= 15 is 0 Å². The van der Waals surface area contributed by atoms with Crippen LogP contribution in [0, 0.1) is 5.92 Å². The van der Waals surface area contributed by atoms with Gasteiger partial charge in [0.1, 0.15) is 11.5 Å². The van der Waals surface area contributed by atoms with Gasteiger partial charge in [-0.05, 0) is 30.9 Å². The molecule has 3 unspecified atom stereocenters. The normalized spacial score (nSPS) is 29.9. The van der Waals surface area contributed by atoms with E-state index in [1.165, 1.54) is 6.42 Å². The van der Waals surface area contributed by atoms with Crippen LogP contribution in [0.5, 0.6) is 0 Å². The third kappa shape index (κ3) is 3.33. The summed E-state index contributed by atoms with van der Waals surface area (Å²) in [6.45, 7) is 6.62. The zero-order valence-corrected chi connectivity index (χ0v) is 13.5. The molecule has 2 heterocycles. The van der Waals surface area contributed by atoms with Crippen LogP contribution in [0.2, 0.25) is 0 Å². The summed E-state index contributed by atoms with van der Waals surface area (Å²) in [6, 6.07) is 4.11. The Balaban J connectivity index is 1.56. The molecule has 1 aliphatic carbocycles. The van der Waals surface area contributed by atoms with E-state index in [2.05, 4.69) is 22.6 Å². The second-order valence-corrected chi connectivity index (χ2v) is 8.36. The predicted octanol–water partition coefficient (Wildman–Crippen LogP) is 1.92. The molecule has 1 aromatic rings. The Morgan fingerprint density at radius 2 is 2.19 bits per heavy atom. The lowest BCUT2D eigenvalue weighted by molar-refractivity contribution is 0.292. The first kappa shape index (κ1) is 15.1. The first-order chi connectivity index (χ1) is 9.99. The van der Waals surface area contributed by atoms with Crippen molar-refractivity contribution in [3.8, 4) is 0 Å². The highest BCUT2D eigenvalue weighted by Gasteiger charge is 2.37. The number of nitrogens with one attached hydrogen (secondary N) is 1. The number of nitrogens with zero attached hydrogens (tertiary/aromatic N) is 1. The average Bonchev–Trinajstić information content (AvgIpc) is 2.84. The molecule has 0 radical (unpaired) electrons. The molecule has 21 heavy (non-hydrogen) atoms. The van der Waals surface area contributed by atoms with E-state index in [9.17, 15) is 8.42 Å². The van der Waals surface area contributed by atoms with Crippen molar-refractivity contribution < 1.29 is 12.8 Å². The number of likely N-dealkylation sites (tertiary alicyclic amines) is 1. The van der Waals surface area contributed by atoms with Crippen molar-refractivity contribution >= 4 is 10.0 Å². The molecule has 1 aromatic heterocycles. The maximum absolute atomic E-state index is 12.0. The second kappa shape index (κ2) is 5.74. The third-order valence-electron chi connectivity index (χ3n) is 4.55. The van der Waals surface area contributed by atoms with E-state index in [1.807, 2.05) is 13.0 Å². The van der Waals surface area contributed by atoms with Gasteiger partial charge in [0.05, 0.1) is 11.8 Å². The highest BCUT2D eigenvalue weighted by Crippen LogP contribution is 2.47. The molecule has 6 heteroatoms. The van der Waals surface area contributed by atoms with Gasteiger partial charge in [0.2, 0.25) is 10.0 Å². The minimum Gasteiger partial charge on any atom is -0.464 e. The zero-order chi connectivity index (χ0) is 15.0. The molecule has 3 atom stereocenters. The Hall–Kier alpha value is -0.850. The van der Waals surface area contributed by atoms with Gasteiger partial charge in [-0.2, -0.15) is 0 Å². The minimum atomic E-state index is -3.16. The molecule has 0 bridgehead atoms. The molecule has 0 spiro atoms. The number of furan rings is 1. The molecule has 1 saturated heterocycles. The molecular formula is C15H24N2O3S. The summed E-state index contributed by atoms with van der Waals surface area (Å²) in [5.41, 5.74) is 0. The van der Waals surface area contributed by atoms with Gasteiger partial charge in [-0.15, -0.1) is 0 Å². The van der Waals surface area contributed by atoms with Gasteiger partial charge in [0.25, 0.3) is 0 Å². The topological polar surface area (TPSA) is 62.6 Å². The van der Waals surface area contributed by atoms with Crippen molar-refractivity contribution in [2.45, 2.75) is 44.4 Å². The molecule has 1 N–H and O–H groups in total. The van der Waals surface area contributed by atoms with Crippen LogP contribution in [-0.2, 0) is 16.6 Å². The highest BCUT2D eigenvalue weighted by atomic mass is 32.2. The standard InChI is InChI=1S/C15H24N2O3S/c1-3-16-21(18,19)13-6-7-17(10-13)9-12-4-5-15(20-12)14-8-11(14)2/h4-5,11,13-14,16H,3,6-10H2,1-2H3. The number of rotatable bonds is 6. The van der Waals surface area contributed by atoms with Crippen molar-refractivity contribution in [2.24, 2.45) is 5.92 Å². The zero-order valence-electron chi connectivity index (χ0n) is 12.7. The lowest BCUT2D eigenvalue weighted by atomic mass is 10.3. The number of hydrogen-bond donors (Lipinski definition) is 1. The SMILES string of the molecule is CCNS(=O)(=O)C1CCN(Cc2ccc(C3CC3C)o2)C1. The quantitative estimate of drug-likeness (QED) is 0.871. The van der Waals surface area contributed by atoms with Crippen LogP contribution < -0.4 is 4.72 Å². The first-order valence-electron chi connectivity index (χ1n) is 7.79. The molecule has 0 amide bonds. The van der Waals surface area contributed by atoms with Crippen LogP contribution in [0.1, 0.15) is 44.1 Å². The molecule has 118 valence electrons. The molecule has 3 rings (SSSR count). The van der Waals surface area contributed by atoms with Crippen molar-refractivity contribution in [3.05, 3.63) is 23.7 Å². The summed E-state index contributed by atoms with van der Waals surface area (Å²) < 4.78 is 32.5. The Labute approximate surface area is 126 Å². The predicted molar refractivity (Wildman–Crippen MR) is 81.5 cm³/mol. The van der Waals surface area contributed by atoms with E-state index in [0.717, 1.165) is 24.0 Å². The largest absolute Gasteiger partial charge is 0.464 e. The van der Waals surface area contributed by atoms with Gasteiger partial charge in [-0.1, -0.05) is 13.8 Å². The van der Waals surface area contributed by atoms with Crippen LogP contribution in [-0.4, -0.2) is 38.2 Å². The summed E-state index contributed by atoms with van der Waals surface area (Å²) in [4.78, 5) is 2.17. The van der Waals surface area contributed by atoms with Gasteiger partial charge >= 0.3 is 0 Å². The van der Waals surface area contributed by atoms with Crippen molar-refractivity contribution in [1.29, 1.82) is 0 Å². The Morgan fingerprint density at radius 1 is 1.43 bits per heavy atom. The molecule has 1 aliphatic heterocycles. The third-order valence-corrected chi connectivity index (χ3v) is 6.50. The summed E-state index contributed by atoms with van der Waals surface area (Å²) in [5.74, 6) is 3.38. The smallest absolute Gasteiger partial charge is 0.215 e. The summed E-state index contributed by atoms with van der Waals surface area (Å²) in [6.07, 6.45) is 1.92. The second-order valence-electron chi connectivity index (χ2n) is 6.31. The molecular weight excluding hydrogens is 288 g/mol. The maximum atomic E-state index is 12.0. The Kier molecular flexibility index (Phi) is 4.12. The van der Waals surface area contributed by atoms with Crippen LogP contribution >= 0.6 is 0 Å². The molecule has 2 aliphatic rings. The fraction of sp³-hybridized carbons (Fsp3) is 0.733. The molecule has 5 nitrogen and oxygen atoms in total. The average molecular weight is 312 g/mol. The highest BCUT2D eigenvalue weighted by molar-refractivity contribution is 7.90. The minimum absolute atomic E-state index is 0.296. The lowest BCUT2D eigenvalue weighted by Crippen LogP contribution is -2.36. The fourth-order valence-corrected chi connectivity index (χ4v) is 4.59. The maximum Gasteiger partial charge on any atom is 0.215 e. The van der Waals surface area contributed by atoms with Gasteiger partial charge in [0, 0.05) is 25.6 Å². The summed E-state index contributed by atoms with van der Waals surface area (Å²) >= 11 is 0. The number of sulfonamides is 1. The van der Waals surface area contributed by atoms with E-state index in [0.29, 0.717) is 32.0 Å².